The van der Waals surface area contributed by atoms with E-state index in [1.807, 2.05) is 0 Å². The first-order valence-corrected chi connectivity index (χ1v) is 2.61. The second kappa shape index (κ2) is 3.26. The van der Waals surface area contributed by atoms with E-state index in [9.17, 15) is 0 Å². The summed E-state index contributed by atoms with van der Waals surface area (Å²) in [5.41, 5.74) is 0. The van der Waals surface area contributed by atoms with E-state index in [1.165, 1.54) is 0 Å². The second-order valence-corrected chi connectivity index (χ2v) is 1.63. The van der Waals surface area contributed by atoms with Crippen molar-refractivity contribution in [1.82, 2.24) is 0 Å². The molecule has 0 rings (SSSR count). The van der Waals surface area contributed by atoms with Crippen molar-refractivity contribution < 1.29 is 69.5 Å². The molecule has 0 atom stereocenters. The van der Waals surface area contributed by atoms with Gasteiger partial charge in [0.2, 0.25) is 0 Å². The topological polar surface area (TPSA) is 71.4 Å². The van der Waals surface area contributed by atoms with Crippen molar-refractivity contribution >= 4 is 0 Å². The van der Waals surface area contributed by atoms with Crippen molar-refractivity contribution in [3.8, 4) is 0 Å². The monoisotopic (exact) mass is 262 g/mol. The molecule has 0 aromatic rings. The van der Waals surface area contributed by atoms with Crippen LogP contribution in [0.4, 0.5) is 0 Å². The van der Waals surface area contributed by atoms with Crippen LogP contribution in [0.2, 0.25) is 0 Å². The Kier molecular flexibility index (Phi) is 5.57. The summed E-state index contributed by atoms with van der Waals surface area (Å²) in [6, 6.07) is 0. The molecule has 0 aromatic carbocycles. The predicted molar refractivity (Wildman–Crippen MR) is 4.28 cm³/mol. The van der Waals surface area contributed by atoms with Crippen LogP contribution in [0.5, 0.6) is 0 Å². The Morgan fingerprint density at radius 3 is 1.17 bits per heavy atom. The van der Waals surface area contributed by atoms with Gasteiger partial charge >= 0.3 is 28.7 Å². The van der Waals surface area contributed by atoms with Gasteiger partial charge in [-0.3, -0.25) is 0 Å². The number of hydrogen-bond donors (Lipinski definition) is 1. The first-order chi connectivity index (χ1) is 2.00. The third-order valence-corrected chi connectivity index (χ3v) is 0. The minimum atomic E-state index is -5.38. The molecular weight excluding hydrogens is 263 g/mol. The van der Waals surface area contributed by atoms with Crippen LogP contribution in [-0.2, 0) is 24.5 Å². The van der Waals surface area contributed by atoms with E-state index in [2.05, 4.69) is 0 Å². The molecule has 0 fully saturated rings. The SMILES string of the molecule is [Nd].[O]=[Mn](=[O])(=[O])[OH]. The average Bonchev–Trinajstić information content (AvgIpc) is 0.722. The summed E-state index contributed by atoms with van der Waals surface area (Å²) >= 11 is -5.38. The Bertz CT molecular complexity index is 129. The summed E-state index contributed by atoms with van der Waals surface area (Å²) < 4.78 is 33.1. The Balaban J connectivity index is 0. The van der Waals surface area contributed by atoms with E-state index in [0.717, 1.165) is 0 Å². The molecule has 0 saturated heterocycles. The van der Waals surface area contributed by atoms with Crippen LogP contribution in [-0.4, -0.2) is 4.19 Å². The normalized spacial score (nSPS) is 9.50. The second-order valence-electron chi connectivity index (χ2n) is 0.396. The average molecular weight is 264 g/mol. The van der Waals surface area contributed by atoms with Crippen molar-refractivity contribution in [2.45, 2.75) is 0 Å². The van der Waals surface area contributed by atoms with E-state index in [0.29, 0.717) is 0 Å². The summed E-state index contributed by atoms with van der Waals surface area (Å²) in [5.74, 6) is 0. The fourth-order valence-corrected chi connectivity index (χ4v) is 0. The Labute approximate surface area is 68.6 Å². The van der Waals surface area contributed by atoms with Gasteiger partial charge in [-0.2, -0.15) is 0 Å². The van der Waals surface area contributed by atoms with Crippen LogP contribution in [0.1, 0.15) is 0 Å². The molecular formula is HMnNdO4. The summed E-state index contributed by atoms with van der Waals surface area (Å²) in [6.45, 7) is 0. The summed E-state index contributed by atoms with van der Waals surface area (Å²) in [4.78, 5) is 0. The van der Waals surface area contributed by atoms with Crippen molar-refractivity contribution in [1.29, 1.82) is 0 Å². The molecule has 0 aliphatic heterocycles. The van der Waals surface area contributed by atoms with E-state index >= 15 is 0 Å². The third-order valence-electron chi connectivity index (χ3n) is 0. The molecule has 0 heterocycles. The number of rotatable bonds is 0. The van der Waals surface area contributed by atoms with Crippen LogP contribution in [0.25, 0.3) is 0 Å². The molecule has 0 aliphatic rings. The molecule has 6 heavy (non-hydrogen) atoms. The molecule has 36 valence electrons. The quantitative estimate of drug-likeness (QED) is 0.575. The van der Waals surface area contributed by atoms with Crippen molar-refractivity contribution in [2.75, 3.05) is 0 Å². The Morgan fingerprint density at radius 1 is 1.17 bits per heavy atom. The zero-order valence-electron chi connectivity index (χ0n) is 2.55. The van der Waals surface area contributed by atoms with E-state index in [-0.39, 0.29) is 40.8 Å². The zero-order valence-corrected chi connectivity index (χ0v) is 6.94. The molecule has 0 bridgehead atoms. The zero-order chi connectivity index (χ0) is 4.50. The molecule has 0 amide bonds. The summed E-state index contributed by atoms with van der Waals surface area (Å²) in [5, 5.41) is 0. The molecule has 0 spiro atoms. The van der Waals surface area contributed by atoms with Gasteiger partial charge in [0.25, 0.3) is 0 Å². The van der Waals surface area contributed by atoms with Gasteiger partial charge in [-0.15, -0.1) is 0 Å². The predicted octanol–water partition coefficient (Wildman–Crippen LogP) is -0.916. The van der Waals surface area contributed by atoms with Crippen LogP contribution in [0.15, 0.2) is 0 Å². The molecule has 0 radical (unpaired) electrons. The Morgan fingerprint density at radius 2 is 1.17 bits per heavy atom. The van der Waals surface area contributed by atoms with Gasteiger partial charge in [-0.1, -0.05) is 0 Å². The minimum absolute atomic E-state index is 0. The fraction of sp³-hybridized carbons (Fsp3) is 0. The Hall–Kier alpha value is 1.23. The first kappa shape index (κ1) is 10.3. The molecule has 4 nitrogen and oxygen atoms in total. The van der Waals surface area contributed by atoms with E-state index in [4.69, 9.17) is 15.7 Å². The van der Waals surface area contributed by atoms with Gasteiger partial charge in [0, 0.05) is 40.8 Å². The third kappa shape index (κ3) is 61.8. The molecule has 0 aromatic heterocycles. The van der Waals surface area contributed by atoms with Crippen LogP contribution < -0.4 is 0 Å². The molecule has 0 saturated carbocycles. The van der Waals surface area contributed by atoms with Gasteiger partial charge < -0.3 is 0 Å². The van der Waals surface area contributed by atoms with Gasteiger partial charge in [0.15, 0.2) is 0 Å². The molecule has 0 unspecified atom stereocenters. The van der Waals surface area contributed by atoms with Gasteiger partial charge in [0.1, 0.15) is 0 Å². The molecule has 6 heteroatoms. The van der Waals surface area contributed by atoms with Crippen LogP contribution in [0, 0.1) is 40.8 Å². The molecule has 1 N–H and O–H groups in total. The van der Waals surface area contributed by atoms with Crippen LogP contribution in [0.3, 0.4) is 0 Å². The van der Waals surface area contributed by atoms with Crippen LogP contribution >= 0.6 is 0 Å². The maximum absolute atomic E-state index is 8.69. The van der Waals surface area contributed by atoms with Crippen molar-refractivity contribution in [3.63, 3.8) is 0 Å². The van der Waals surface area contributed by atoms with Crippen molar-refractivity contribution in [2.24, 2.45) is 0 Å². The van der Waals surface area contributed by atoms with Gasteiger partial charge in [-0.25, -0.2) is 0 Å². The van der Waals surface area contributed by atoms with Gasteiger partial charge in [-0.05, 0) is 0 Å². The first-order valence-electron chi connectivity index (χ1n) is 0.632. The standard InChI is InChI=1S/Mn.Nd.H2O.3O/h;;1H2;;;/q+1;;;;;/p-1. The maximum atomic E-state index is 8.69. The van der Waals surface area contributed by atoms with Gasteiger partial charge in [0.05, 0.1) is 0 Å². The fourth-order valence-electron chi connectivity index (χ4n) is 0. The summed E-state index contributed by atoms with van der Waals surface area (Å²) in [6.07, 6.45) is 0. The van der Waals surface area contributed by atoms with Crippen molar-refractivity contribution in [3.05, 3.63) is 0 Å². The summed E-state index contributed by atoms with van der Waals surface area (Å²) in [7, 11) is 0. The molecule has 0 aliphatic carbocycles. The van der Waals surface area contributed by atoms with E-state index in [1.54, 1.807) is 0 Å². The number of hydrogen-bond acceptors (Lipinski definition) is 3. The van der Waals surface area contributed by atoms with E-state index < -0.39 is 13.0 Å².